The largest absolute Gasteiger partial charge is 0.416 e. The van der Waals surface area contributed by atoms with Crippen LogP contribution in [0.3, 0.4) is 0 Å². The van der Waals surface area contributed by atoms with Crippen molar-refractivity contribution in [2.24, 2.45) is 0 Å². The Balaban J connectivity index is 1.60. The standard InChI is InChI=1S/C21H22F3NOS/c1-15-4-2-3-5-18(15)19-10-11-25(12-13-27-19)20(26)14-16-6-8-17(9-7-16)21(22,23)24/h2-9,19H,10-14H2,1H3/t19-/m1/s1. The van der Waals surface area contributed by atoms with E-state index >= 15 is 0 Å². The number of thioether (sulfide) groups is 1. The highest BCUT2D eigenvalue weighted by Gasteiger charge is 2.30. The van der Waals surface area contributed by atoms with Crippen molar-refractivity contribution in [2.75, 3.05) is 18.8 Å². The summed E-state index contributed by atoms with van der Waals surface area (Å²) in [4.78, 5) is 14.4. The van der Waals surface area contributed by atoms with Crippen molar-refractivity contribution in [1.82, 2.24) is 4.90 Å². The molecule has 2 aromatic carbocycles. The molecule has 1 saturated heterocycles. The average Bonchev–Trinajstić information content (AvgIpc) is 2.88. The molecule has 1 heterocycles. The molecule has 6 heteroatoms. The van der Waals surface area contributed by atoms with E-state index in [2.05, 4.69) is 19.1 Å². The second-order valence-electron chi connectivity index (χ2n) is 6.76. The van der Waals surface area contributed by atoms with Crippen LogP contribution in [0.25, 0.3) is 0 Å². The molecular formula is C21H22F3NOS. The highest BCUT2D eigenvalue weighted by Crippen LogP contribution is 2.36. The van der Waals surface area contributed by atoms with Crippen LogP contribution in [-0.4, -0.2) is 29.6 Å². The molecule has 27 heavy (non-hydrogen) atoms. The maximum absolute atomic E-state index is 12.6. The van der Waals surface area contributed by atoms with Gasteiger partial charge in [-0.05, 0) is 42.2 Å². The van der Waals surface area contributed by atoms with Gasteiger partial charge in [0.2, 0.25) is 5.91 Å². The third-order valence-corrected chi connectivity index (χ3v) is 6.18. The lowest BCUT2D eigenvalue weighted by Gasteiger charge is -2.21. The van der Waals surface area contributed by atoms with Crippen molar-refractivity contribution in [2.45, 2.75) is 31.2 Å². The van der Waals surface area contributed by atoms with Crippen LogP contribution in [0.1, 0.15) is 33.9 Å². The Labute approximate surface area is 161 Å². The summed E-state index contributed by atoms with van der Waals surface area (Å²) in [6.45, 7) is 3.45. The monoisotopic (exact) mass is 393 g/mol. The quantitative estimate of drug-likeness (QED) is 0.709. The zero-order valence-electron chi connectivity index (χ0n) is 15.1. The van der Waals surface area contributed by atoms with Crippen LogP contribution in [0.2, 0.25) is 0 Å². The molecule has 144 valence electrons. The van der Waals surface area contributed by atoms with E-state index in [4.69, 9.17) is 0 Å². The predicted octanol–water partition coefficient (Wildman–Crippen LogP) is 5.26. The van der Waals surface area contributed by atoms with E-state index in [-0.39, 0.29) is 12.3 Å². The van der Waals surface area contributed by atoms with Crippen molar-refractivity contribution in [3.8, 4) is 0 Å². The molecule has 0 radical (unpaired) electrons. The Morgan fingerprint density at radius 1 is 1.11 bits per heavy atom. The summed E-state index contributed by atoms with van der Waals surface area (Å²) in [5.74, 6) is 0.832. The Hall–Kier alpha value is -1.95. The van der Waals surface area contributed by atoms with E-state index in [0.717, 1.165) is 24.3 Å². The summed E-state index contributed by atoms with van der Waals surface area (Å²) in [6.07, 6.45) is -3.33. The van der Waals surface area contributed by atoms with E-state index in [1.807, 2.05) is 28.8 Å². The Kier molecular flexibility index (Phi) is 6.15. The molecule has 0 N–H and O–H groups in total. The van der Waals surface area contributed by atoms with Crippen LogP contribution in [0.15, 0.2) is 48.5 Å². The summed E-state index contributed by atoms with van der Waals surface area (Å²) >= 11 is 1.86. The minimum absolute atomic E-state index is 0.0270. The first-order valence-electron chi connectivity index (χ1n) is 8.95. The summed E-state index contributed by atoms with van der Waals surface area (Å²) in [5, 5.41) is 0.370. The number of benzene rings is 2. The molecule has 0 aromatic heterocycles. The van der Waals surface area contributed by atoms with E-state index in [1.165, 1.54) is 23.3 Å². The number of hydrogen-bond acceptors (Lipinski definition) is 2. The van der Waals surface area contributed by atoms with Gasteiger partial charge in [0, 0.05) is 24.1 Å². The smallest absolute Gasteiger partial charge is 0.342 e. The van der Waals surface area contributed by atoms with Crippen LogP contribution in [-0.2, 0) is 17.4 Å². The minimum atomic E-state index is -4.35. The van der Waals surface area contributed by atoms with Crippen LogP contribution in [0.4, 0.5) is 13.2 Å². The molecular weight excluding hydrogens is 371 g/mol. The van der Waals surface area contributed by atoms with Crippen molar-refractivity contribution in [3.05, 3.63) is 70.8 Å². The Morgan fingerprint density at radius 2 is 1.81 bits per heavy atom. The van der Waals surface area contributed by atoms with E-state index < -0.39 is 11.7 Å². The zero-order chi connectivity index (χ0) is 19.4. The van der Waals surface area contributed by atoms with E-state index in [0.29, 0.717) is 23.9 Å². The SMILES string of the molecule is Cc1ccccc1[C@H]1CCN(C(=O)Cc2ccc(C(F)(F)F)cc2)CCS1. The van der Waals surface area contributed by atoms with Gasteiger partial charge in [0.15, 0.2) is 0 Å². The third kappa shape index (κ3) is 5.06. The Bertz CT molecular complexity index is 789. The van der Waals surface area contributed by atoms with Crippen molar-refractivity contribution < 1.29 is 18.0 Å². The summed E-state index contributed by atoms with van der Waals surface area (Å²) in [7, 11) is 0. The number of carbonyl (C=O) groups excluding carboxylic acids is 1. The fraction of sp³-hybridized carbons (Fsp3) is 0.381. The van der Waals surface area contributed by atoms with Gasteiger partial charge in [-0.1, -0.05) is 36.4 Å². The molecule has 1 aliphatic rings. The van der Waals surface area contributed by atoms with Crippen LogP contribution in [0.5, 0.6) is 0 Å². The molecule has 0 saturated carbocycles. The first-order chi connectivity index (χ1) is 12.8. The molecule has 0 spiro atoms. The first kappa shape index (κ1) is 19.8. The van der Waals surface area contributed by atoms with Crippen molar-refractivity contribution >= 4 is 17.7 Å². The maximum Gasteiger partial charge on any atom is 0.416 e. The highest BCUT2D eigenvalue weighted by molar-refractivity contribution is 7.99. The molecule has 1 atom stereocenters. The predicted molar refractivity (Wildman–Crippen MR) is 103 cm³/mol. The lowest BCUT2D eigenvalue weighted by atomic mass is 10.0. The zero-order valence-corrected chi connectivity index (χ0v) is 15.9. The summed E-state index contributed by atoms with van der Waals surface area (Å²) < 4.78 is 37.9. The fourth-order valence-electron chi connectivity index (χ4n) is 3.31. The number of amides is 1. The van der Waals surface area contributed by atoms with Crippen molar-refractivity contribution in [1.29, 1.82) is 0 Å². The molecule has 0 bridgehead atoms. The number of halogens is 3. The summed E-state index contributed by atoms with van der Waals surface area (Å²) in [5.41, 5.74) is 2.50. The summed E-state index contributed by atoms with van der Waals surface area (Å²) in [6, 6.07) is 13.2. The first-order valence-corrected chi connectivity index (χ1v) is 10.0. The molecule has 1 aliphatic heterocycles. The van der Waals surface area contributed by atoms with Crippen molar-refractivity contribution in [3.63, 3.8) is 0 Å². The van der Waals surface area contributed by atoms with Gasteiger partial charge in [-0.15, -0.1) is 0 Å². The number of hydrogen-bond donors (Lipinski definition) is 0. The van der Waals surface area contributed by atoms with Gasteiger partial charge >= 0.3 is 6.18 Å². The maximum atomic E-state index is 12.6. The topological polar surface area (TPSA) is 20.3 Å². The van der Waals surface area contributed by atoms with Gasteiger partial charge < -0.3 is 4.90 Å². The number of carbonyl (C=O) groups is 1. The van der Waals surface area contributed by atoms with Gasteiger partial charge in [-0.3, -0.25) is 4.79 Å². The minimum Gasteiger partial charge on any atom is -0.342 e. The lowest BCUT2D eigenvalue weighted by molar-refractivity contribution is -0.137. The number of rotatable bonds is 3. The van der Waals surface area contributed by atoms with Gasteiger partial charge in [0.25, 0.3) is 0 Å². The van der Waals surface area contributed by atoms with Gasteiger partial charge in [-0.25, -0.2) is 0 Å². The third-order valence-electron chi connectivity index (χ3n) is 4.87. The Morgan fingerprint density at radius 3 is 2.48 bits per heavy atom. The second-order valence-corrected chi connectivity index (χ2v) is 8.07. The molecule has 3 rings (SSSR count). The van der Waals surface area contributed by atoms with Gasteiger partial charge in [0.1, 0.15) is 0 Å². The van der Waals surface area contributed by atoms with Crippen LogP contribution < -0.4 is 0 Å². The average molecular weight is 393 g/mol. The number of aryl methyl sites for hydroxylation is 1. The highest BCUT2D eigenvalue weighted by atomic mass is 32.2. The molecule has 2 nitrogen and oxygen atoms in total. The molecule has 0 aliphatic carbocycles. The molecule has 2 aromatic rings. The van der Waals surface area contributed by atoms with Crippen LogP contribution >= 0.6 is 11.8 Å². The van der Waals surface area contributed by atoms with E-state index in [9.17, 15) is 18.0 Å². The molecule has 0 unspecified atom stereocenters. The van der Waals surface area contributed by atoms with Gasteiger partial charge in [0.05, 0.1) is 12.0 Å². The lowest BCUT2D eigenvalue weighted by Crippen LogP contribution is -2.34. The number of alkyl halides is 3. The second kappa shape index (κ2) is 8.38. The van der Waals surface area contributed by atoms with Crippen LogP contribution in [0, 0.1) is 6.92 Å². The van der Waals surface area contributed by atoms with E-state index in [1.54, 1.807) is 0 Å². The number of nitrogens with zero attached hydrogens (tertiary/aromatic N) is 1. The molecule has 1 amide bonds. The molecule has 1 fully saturated rings. The fourth-order valence-corrected chi connectivity index (χ4v) is 4.64. The van der Waals surface area contributed by atoms with Gasteiger partial charge in [-0.2, -0.15) is 24.9 Å². The normalized spacial score (nSPS) is 18.2.